The molecule has 2 fully saturated rings. The highest BCUT2D eigenvalue weighted by atomic mass is 32.2. The normalized spacial score (nSPS) is 21.7. The molecular formula is C19H32N4O7S. The Morgan fingerprint density at radius 1 is 1.29 bits per heavy atom. The molecule has 3 N–H and O–H groups in total. The first-order chi connectivity index (χ1) is 14.5. The Bertz CT molecular complexity index is 780. The minimum Gasteiger partial charge on any atom is -0.449 e. The minimum absolute atomic E-state index is 0.0433. The van der Waals surface area contributed by atoms with E-state index in [1.165, 1.54) is 4.31 Å². The van der Waals surface area contributed by atoms with E-state index in [1.807, 2.05) is 13.8 Å². The van der Waals surface area contributed by atoms with Gasteiger partial charge in [0.15, 0.2) is 0 Å². The number of rotatable bonds is 11. The van der Waals surface area contributed by atoms with Gasteiger partial charge < -0.3 is 25.5 Å². The Hall–Kier alpha value is -2.21. The van der Waals surface area contributed by atoms with Gasteiger partial charge in [-0.1, -0.05) is 13.8 Å². The number of carbonyl (C=O) groups excluding carboxylic acids is 4. The van der Waals surface area contributed by atoms with Crippen LogP contribution in [0.15, 0.2) is 0 Å². The number of hydrogen-bond acceptors (Lipinski definition) is 7. The van der Waals surface area contributed by atoms with E-state index >= 15 is 0 Å². The van der Waals surface area contributed by atoms with Crippen LogP contribution in [0.5, 0.6) is 0 Å². The van der Waals surface area contributed by atoms with Crippen molar-refractivity contribution in [1.29, 1.82) is 0 Å². The number of nitrogens with one attached hydrogen (secondary N) is 3. The Labute approximate surface area is 182 Å². The predicted octanol–water partition coefficient (Wildman–Crippen LogP) is -0.771. The summed E-state index contributed by atoms with van der Waals surface area (Å²) < 4.78 is 29.2. The second-order valence-corrected chi connectivity index (χ2v) is 10.6. The van der Waals surface area contributed by atoms with Gasteiger partial charge in [-0.3, -0.25) is 9.59 Å². The third-order valence-corrected chi connectivity index (χ3v) is 6.59. The molecule has 0 radical (unpaired) electrons. The van der Waals surface area contributed by atoms with Crippen LogP contribution in [0.3, 0.4) is 0 Å². The third kappa shape index (κ3) is 7.76. The lowest BCUT2D eigenvalue weighted by atomic mass is 9.98. The maximum Gasteiger partial charge on any atom is 0.407 e. The minimum atomic E-state index is -3.24. The van der Waals surface area contributed by atoms with Crippen LogP contribution in [0.25, 0.3) is 0 Å². The Kier molecular flexibility index (Phi) is 8.80. The molecule has 0 unspecified atom stereocenters. The van der Waals surface area contributed by atoms with Crippen LogP contribution in [-0.2, 0) is 29.1 Å². The van der Waals surface area contributed by atoms with Crippen LogP contribution < -0.4 is 16.0 Å². The molecule has 176 valence electrons. The number of hydrogen-bond donors (Lipinski definition) is 3. The van der Waals surface area contributed by atoms with E-state index < -0.39 is 34.1 Å². The summed E-state index contributed by atoms with van der Waals surface area (Å²) in [5.41, 5.74) is 0. The lowest BCUT2D eigenvalue weighted by Crippen LogP contribution is -2.53. The van der Waals surface area contributed by atoms with Crippen molar-refractivity contribution >= 4 is 34.2 Å². The van der Waals surface area contributed by atoms with Gasteiger partial charge in [0, 0.05) is 31.5 Å². The van der Waals surface area contributed by atoms with Crippen molar-refractivity contribution in [2.75, 3.05) is 32.5 Å². The van der Waals surface area contributed by atoms with E-state index in [9.17, 15) is 27.6 Å². The predicted molar refractivity (Wildman–Crippen MR) is 111 cm³/mol. The van der Waals surface area contributed by atoms with E-state index in [1.54, 1.807) is 0 Å². The first-order valence-corrected chi connectivity index (χ1v) is 12.3. The molecule has 0 aromatic heterocycles. The molecule has 0 bridgehead atoms. The fraction of sp³-hybridized carbons (Fsp3) is 0.789. The van der Waals surface area contributed by atoms with Gasteiger partial charge in [0.1, 0.15) is 12.3 Å². The third-order valence-electron chi connectivity index (χ3n) is 5.35. The zero-order chi connectivity index (χ0) is 23.2. The number of alkyl carbamates (subject to hydrolysis) is 1. The summed E-state index contributed by atoms with van der Waals surface area (Å²) in [6, 6.07) is -1.73. The fourth-order valence-electron chi connectivity index (χ4n) is 3.59. The van der Waals surface area contributed by atoms with E-state index in [0.717, 1.165) is 6.26 Å². The van der Waals surface area contributed by atoms with Crippen molar-refractivity contribution in [2.45, 2.75) is 45.2 Å². The first kappa shape index (κ1) is 25.1. The molecule has 0 saturated carbocycles. The molecule has 2 aliphatic heterocycles. The Morgan fingerprint density at radius 2 is 1.97 bits per heavy atom. The molecule has 3 atom stereocenters. The summed E-state index contributed by atoms with van der Waals surface area (Å²) in [6.07, 6.45) is 2.09. The second-order valence-electron chi connectivity index (χ2n) is 8.63. The van der Waals surface area contributed by atoms with Crippen molar-refractivity contribution in [3.63, 3.8) is 0 Å². The SMILES string of the molecule is CC(C)C[C@H](NC(=O)OCC1CN(S(C)(=O)=O)C1)C(=O)N[C@H](C=O)C[C@H]1CCNC1=O. The van der Waals surface area contributed by atoms with Crippen molar-refractivity contribution in [2.24, 2.45) is 17.8 Å². The van der Waals surface area contributed by atoms with Gasteiger partial charge in [0.05, 0.1) is 18.9 Å². The zero-order valence-corrected chi connectivity index (χ0v) is 18.9. The smallest absolute Gasteiger partial charge is 0.407 e. The summed E-state index contributed by atoms with van der Waals surface area (Å²) in [7, 11) is -3.24. The molecule has 0 spiro atoms. The standard InChI is InChI=1S/C19H32N4O7S/c1-12(2)6-16(18(26)21-15(10-24)7-14-4-5-20-17(14)25)22-19(27)30-11-13-8-23(9-13)31(3,28)29/h10,12-16H,4-9,11H2,1-3H3,(H,20,25)(H,21,26)(H,22,27)/t14-,15+,16+/m1/s1. The molecule has 2 heterocycles. The van der Waals surface area contributed by atoms with Gasteiger partial charge in [-0.05, 0) is 25.2 Å². The highest BCUT2D eigenvalue weighted by Crippen LogP contribution is 2.19. The van der Waals surface area contributed by atoms with E-state index in [2.05, 4.69) is 16.0 Å². The van der Waals surface area contributed by atoms with Crippen LogP contribution in [0, 0.1) is 17.8 Å². The molecule has 0 aromatic rings. The zero-order valence-electron chi connectivity index (χ0n) is 18.1. The highest BCUT2D eigenvalue weighted by Gasteiger charge is 2.34. The summed E-state index contributed by atoms with van der Waals surface area (Å²) >= 11 is 0. The summed E-state index contributed by atoms with van der Waals surface area (Å²) in [4.78, 5) is 48.0. The summed E-state index contributed by atoms with van der Waals surface area (Å²) in [5.74, 6) is -0.984. The van der Waals surface area contributed by atoms with Crippen LogP contribution in [0.2, 0.25) is 0 Å². The van der Waals surface area contributed by atoms with E-state index in [4.69, 9.17) is 4.74 Å². The molecule has 0 aliphatic carbocycles. The molecule has 2 saturated heterocycles. The number of nitrogens with zero attached hydrogens (tertiary/aromatic N) is 1. The van der Waals surface area contributed by atoms with Crippen LogP contribution in [0.1, 0.15) is 33.1 Å². The molecule has 11 nitrogen and oxygen atoms in total. The molecule has 0 aromatic carbocycles. The molecule has 31 heavy (non-hydrogen) atoms. The largest absolute Gasteiger partial charge is 0.449 e. The van der Waals surface area contributed by atoms with E-state index in [-0.39, 0.29) is 49.8 Å². The van der Waals surface area contributed by atoms with Gasteiger partial charge in [-0.15, -0.1) is 0 Å². The van der Waals surface area contributed by atoms with Crippen molar-refractivity contribution in [3.05, 3.63) is 0 Å². The first-order valence-electron chi connectivity index (χ1n) is 10.4. The van der Waals surface area contributed by atoms with Crippen molar-refractivity contribution in [1.82, 2.24) is 20.3 Å². The van der Waals surface area contributed by atoms with Crippen LogP contribution in [0.4, 0.5) is 4.79 Å². The Balaban J connectivity index is 1.83. The van der Waals surface area contributed by atoms with Gasteiger partial charge in [0.2, 0.25) is 21.8 Å². The summed E-state index contributed by atoms with van der Waals surface area (Å²) in [5, 5.41) is 7.82. The van der Waals surface area contributed by atoms with E-state index in [0.29, 0.717) is 25.7 Å². The molecule has 2 rings (SSSR count). The lowest BCUT2D eigenvalue weighted by molar-refractivity contribution is -0.127. The number of ether oxygens (including phenoxy) is 1. The Morgan fingerprint density at radius 3 is 2.48 bits per heavy atom. The van der Waals surface area contributed by atoms with Crippen LogP contribution in [-0.4, -0.2) is 81.5 Å². The number of carbonyl (C=O) groups is 4. The monoisotopic (exact) mass is 460 g/mol. The lowest BCUT2D eigenvalue weighted by Gasteiger charge is -2.36. The number of amides is 3. The topological polar surface area (TPSA) is 151 Å². The van der Waals surface area contributed by atoms with Crippen LogP contribution >= 0.6 is 0 Å². The molecule has 12 heteroatoms. The number of aldehydes is 1. The van der Waals surface area contributed by atoms with Gasteiger partial charge in [-0.2, -0.15) is 0 Å². The highest BCUT2D eigenvalue weighted by molar-refractivity contribution is 7.88. The quantitative estimate of drug-likeness (QED) is 0.342. The fourth-order valence-corrected chi connectivity index (χ4v) is 4.55. The van der Waals surface area contributed by atoms with Crippen molar-refractivity contribution < 1.29 is 32.3 Å². The molecule has 2 aliphatic rings. The average molecular weight is 461 g/mol. The average Bonchev–Trinajstić information content (AvgIpc) is 3.02. The molecule has 3 amide bonds. The maximum atomic E-state index is 12.7. The second kappa shape index (κ2) is 10.9. The summed E-state index contributed by atoms with van der Waals surface area (Å²) in [6.45, 7) is 4.95. The molecular weight excluding hydrogens is 428 g/mol. The van der Waals surface area contributed by atoms with Crippen molar-refractivity contribution in [3.8, 4) is 0 Å². The maximum absolute atomic E-state index is 12.7. The van der Waals surface area contributed by atoms with Gasteiger partial charge in [-0.25, -0.2) is 17.5 Å². The van der Waals surface area contributed by atoms with Gasteiger partial charge >= 0.3 is 6.09 Å². The van der Waals surface area contributed by atoms with Gasteiger partial charge in [0.25, 0.3) is 0 Å². The number of sulfonamides is 1.